The molecular weight excluding hydrogens is 290 g/mol. The van der Waals surface area contributed by atoms with E-state index in [1.54, 1.807) is 11.8 Å². The lowest BCUT2D eigenvalue weighted by molar-refractivity contribution is 0.354. The van der Waals surface area contributed by atoms with Crippen LogP contribution in [0.4, 0.5) is 5.69 Å². The normalized spacial score (nSPS) is 13.1. The van der Waals surface area contributed by atoms with E-state index in [4.69, 9.17) is 22.1 Å². The van der Waals surface area contributed by atoms with Crippen molar-refractivity contribution < 1.29 is 4.74 Å². The minimum absolute atomic E-state index is 0.750. The zero-order chi connectivity index (χ0) is 14.1. The molecule has 0 bridgehead atoms. The molecule has 0 aliphatic carbocycles. The molecule has 2 nitrogen and oxygen atoms in total. The second-order valence-corrected chi connectivity index (χ2v) is 6.44. The Bertz CT molecular complexity index is 657. The van der Waals surface area contributed by atoms with Crippen molar-refractivity contribution in [3.05, 3.63) is 52.0 Å². The Kier molecular flexibility index (Phi) is 3.81. The molecule has 0 amide bonds. The minimum atomic E-state index is 0.750. The van der Waals surface area contributed by atoms with E-state index >= 15 is 0 Å². The summed E-state index contributed by atoms with van der Waals surface area (Å²) in [7, 11) is 0. The first-order chi connectivity index (χ1) is 9.63. The third-order valence-corrected chi connectivity index (χ3v) is 4.72. The molecule has 0 radical (unpaired) electrons. The SMILES string of the molecule is Cc1ccc(N)c(SCc2cc(Cl)cc3c2OCC3)c1. The third-order valence-electron chi connectivity index (χ3n) is 3.38. The van der Waals surface area contributed by atoms with E-state index in [1.807, 2.05) is 24.3 Å². The summed E-state index contributed by atoms with van der Waals surface area (Å²) in [6.07, 6.45) is 0.945. The molecule has 0 unspecified atom stereocenters. The maximum absolute atomic E-state index is 6.18. The molecule has 0 atom stereocenters. The van der Waals surface area contributed by atoms with Gasteiger partial charge in [-0.1, -0.05) is 17.7 Å². The van der Waals surface area contributed by atoms with Crippen molar-refractivity contribution in [2.24, 2.45) is 0 Å². The molecule has 0 spiro atoms. The lowest BCUT2D eigenvalue weighted by Gasteiger charge is -2.10. The molecule has 2 aromatic rings. The number of hydrogen-bond donors (Lipinski definition) is 1. The summed E-state index contributed by atoms with van der Waals surface area (Å²) in [5.41, 5.74) is 10.4. The molecule has 0 saturated carbocycles. The van der Waals surface area contributed by atoms with Crippen molar-refractivity contribution >= 4 is 29.1 Å². The van der Waals surface area contributed by atoms with E-state index in [1.165, 1.54) is 11.1 Å². The van der Waals surface area contributed by atoms with Crippen molar-refractivity contribution in [3.8, 4) is 5.75 Å². The van der Waals surface area contributed by atoms with Crippen molar-refractivity contribution in [2.75, 3.05) is 12.3 Å². The van der Waals surface area contributed by atoms with Gasteiger partial charge < -0.3 is 10.5 Å². The Labute approximate surface area is 128 Å². The van der Waals surface area contributed by atoms with Crippen LogP contribution in [0, 0.1) is 6.92 Å². The molecule has 1 aliphatic rings. The summed E-state index contributed by atoms with van der Waals surface area (Å²) in [5, 5.41) is 0.780. The number of fused-ring (bicyclic) bond motifs is 1. The number of nitrogens with two attached hydrogens (primary N) is 1. The summed E-state index contributed by atoms with van der Waals surface area (Å²) in [6, 6.07) is 10.1. The summed E-state index contributed by atoms with van der Waals surface area (Å²) >= 11 is 7.90. The third kappa shape index (κ3) is 2.74. The molecule has 0 fully saturated rings. The van der Waals surface area contributed by atoms with Gasteiger partial charge in [-0.25, -0.2) is 0 Å². The highest BCUT2D eigenvalue weighted by Crippen LogP contribution is 2.37. The predicted molar refractivity (Wildman–Crippen MR) is 85.8 cm³/mol. The molecule has 2 aromatic carbocycles. The van der Waals surface area contributed by atoms with Gasteiger partial charge in [0.1, 0.15) is 5.75 Å². The Morgan fingerprint density at radius 1 is 1.30 bits per heavy atom. The number of halogens is 1. The highest BCUT2D eigenvalue weighted by atomic mass is 35.5. The molecular formula is C16H16ClNOS. The zero-order valence-electron chi connectivity index (χ0n) is 11.3. The standard InChI is InChI=1S/C16H16ClNOS/c1-10-2-3-14(18)15(6-10)20-9-12-8-13(17)7-11-4-5-19-16(11)12/h2-3,6-8H,4-5,9,18H2,1H3. The Morgan fingerprint density at radius 3 is 3.00 bits per heavy atom. The lowest BCUT2D eigenvalue weighted by atomic mass is 10.1. The van der Waals surface area contributed by atoms with Crippen molar-refractivity contribution in [1.29, 1.82) is 0 Å². The van der Waals surface area contributed by atoms with Crippen molar-refractivity contribution in [3.63, 3.8) is 0 Å². The molecule has 4 heteroatoms. The van der Waals surface area contributed by atoms with Crippen LogP contribution in [0.3, 0.4) is 0 Å². The van der Waals surface area contributed by atoms with E-state index in [-0.39, 0.29) is 0 Å². The van der Waals surface area contributed by atoms with Crippen LogP contribution < -0.4 is 10.5 Å². The van der Waals surface area contributed by atoms with Crippen molar-refractivity contribution in [2.45, 2.75) is 24.0 Å². The van der Waals surface area contributed by atoms with Gasteiger partial charge in [0.05, 0.1) is 6.61 Å². The van der Waals surface area contributed by atoms with Crippen LogP contribution in [0.15, 0.2) is 35.2 Å². The fourth-order valence-electron chi connectivity index (χ4n) is 2.38. The molecule has 2 N–H and O–H groups in total. The maximum Gasteiger partial charge on any atom is 0.126 e. The molecule has 1 aliphatic heterocycles. The van der Waals surface area contributed by atoms with Crippen LogP contribution in [0.5, 0.6) is 5.75 Å². The van der Waals surface area contributed by atoms with Crippen LogP contribution in [0.1, 0.15) is 16.7 Å². The van der Waals surface area contributed by atoms with Crippen LogP contribution in [0.2, 0.25) is 5.02 Å². The second kappa shape index (κ2) is 5.58. The molecule has 104 valence electrons. The van der Waals surface area contributed by atoms with Gasteiger partial charge in [0.2, 0.25) is 0 Å². The molecule has 0 saturated heterocycles. The van der Waals surface area contributed by atoms with Crippen LogP contribution in [-0.4, -0.2) is 6.61 Å². The Balaban J connectivity index is 1.84. The Morgan fingerprint density at radius 2 is 2.15 bits per heavy atom. The lowest BCUT2D eigenvalue weighted by Crippen LogP contribution is -1.93. The number of benzene rings is 2. The molecule has 20 heavy (non-hydrogen) atoms. The number of ether oxygens (including phenoxy) is 1. The van der Waals surface area contributed by atoms with E-state index < -0.39 is 0 Å². The quantitative estimate of drug-likeness (QED) is 0.672. The van der Waals surface area contributed by atoms with Crippen molar-refractivity contribution in [1.82, 2.24) is 0 Å². The minimum Gasteiger partial charge on any atom is -0.493 e. The van der Waals surface area contributed by atoms with Gasteiger partial charge in [-0.15, -0.1) is 11.8 Å². The van der Waals surface area contributed by atoms with Crippen LogP contribution >= 0.6 is 23.4 Å². The first kappa shape index (κ1) is 13.7. The number of aryl methyl sites for hydroxylation is 1. The van der Waals surface area contributed by atoms with Crippen LogP contribution in [-0.2, 0) is 12.2 Å². The second-order valence-electron chi connectivity index (χ2n) is 4.98. The first-order valence-electron chi connectivity index (χ1n) is 6.56. The first-order valence-corrected chi connectivity index (χ1v) is 7.93. The number of anilines is 1. The average Bonchev–Trinajstić information content (AvgIpc) is 2.87. The largest absolute Gasteiger partial charge is 0.493 e. The van der Waals surface area contributed by atoms with Gasteiger partial charge in [0.25, 0.3) is 0 Å². The molecule has 3 rings (SSSR count). The maximum atomic E-state index is 6.18. The van der Waals surface area contributed by atoms with E-state index in [0.717, 1.165) is 45.7 Å². The highest BCUT2D eigenvalue weighted by Gasteiger charge is 2.17. The van der Waals surface area contributed by atoms with Gasteiger partial charge in [0.15, 0.2) is 0 Å². The van der Waals surface area contributed by atoms with Gasteiger partial charge in [-0.3, -0.25) is 0 Å². The van der Waals surface area contributed by atoms with Gasteiger partial charge in [-0.05, 0) is 42.3 Å². The predicted octanol–water partition coefficient (Wildman–Crippen LogP) is 4.46. The average molecular weight is 306 g/mol. The molecule has 0 aromatic heterocycles. The van der Waals surface area contributed by atoms with E-state index in [2.05, 4.69) is 13.0 Å². The van der Waals surface area contributed by atoms with E-state index in [0.29, 0.717) is 0 Å². The van der Waals surface area contributed by atoms with E-state index in [9.17, 15) is 0 Å². The monoisotopic (exact) mass is 305 g/mol. The zero-order valence-corrected chi connectivity index (χ0v) is 12.9. The summed E-state index contributed by atoms with van der Waals surface area (Å²) < 4.78 is 5.72. The number of thioether (sulfide) groups is 1. The summed E-state index contributed by atoms with van der Waals surface area (Å²) in [4.78, 5) is 1.11. The number of rotatable bonds is 3. The summed E-state index contributed by atoms with van der Waals surface area (Å²) in [6.45, 7) is 2.82. The topological polar surface area (TPSA) is 35.2 Å². The van der Waals surface area contributed by atoms with Gasteiger partial charge in [-0.2, -0.15) is 0 Å². The number of hydrogen-bond acceptors (Lipinski definition) is 3. The van der Waals surface area contributed by atoms with Gasteiger partial charge in [0, 0.05) is 33.3 Å². The number of nitrogen functional groups attached to an aromatic ring is 1. The smallest absolute Gasteiger partial charge is 0.126 e. The fourth-order valence-corrected chi connectivity index (χ4v) is 3.67. The Hall–Kier alpha value is -1.32. The summed E-state index contributed by atoms with van der Waals surface area (Å²) in [5.74, 6) is 1.82. The van der Waals surface area contributed by atoms with Gasteiger partial charge >= 0.3 is 0 Å². The highest BCUT2D eigenvalue weighted by molar-refractivity contribution is 7.98. The molecule has 1 heterocycles. The fraction of sp³-hybridized carbons (Fsp3) is 0.250. The van der Waals surface area contributed by atoms with Crippen LogP contribution in [0.25, 0.3) is 0 Å².